The Hall–Kier alpha value is -1.75. The van der Waals surface area contributed by atoms with Crippen LogP contribution in [0.4, 0.5) is 0 Å². The molecule has 2 rings (SSSR count). The first kappa shape index (κ1) is 20.6. The van der Waals surface area contributed by atoms with Gasteiger partial charge >= 0.3 is 0 Å². The summed E-state index contributed by atoms with van der Waals surface area (Å²) >= 11 is 0. The lowest BCUT2D eigenvalue weighted by atomic mass is 10.1. The minimum absolute atomic E-state index is 0.121. The third kappa shape index (κ3) is 7.24. The van der Waals surface area contributed by atoms with Gasteiger partial charge in [-0.2, -0.15) is 0 Å². The van der Waals surface area contributed by atoms with E-state index in [9.17, 15) is 4.79 Å². The molecule has 26 heavy (non-hydrogen) atoms. The summed E-state index contributed by atoms with van der Waals surface area (Å²) in [6.07, 6.45) is 6.25. The van der Waals surface area contributed by atoms with E-state index in [2.05, 4.69) is 10.2 Å². The van der Waals surface area contributed by atoms with E-state index >= 15 is 0 Å². The van der Waals surface area contributed by atoms with Crippen LogP contribution in [0.25, 0.3) is 0 Å². The van der Waals surface area contributed by atoms with Gasteiger partial charge in [0.25, 0.3) is 0 Å². The van der Waals surface area contributed by atoms with Gasteiger partial charge in [0.15, 0.2) is 11.5 Å². The minimum atomic E-state index is 0.121. The molecule has 1 saturated heterocycles. The Kier molecular flexibility index (Phi) is 9.32. The van der Waals surface area contributed by atoms with Gasteiger partial charge in [0.05, 0.1) is 13.2 Å². The second-order valence-electron chi connectivity index (χ2n) is 6.75. The van der Waals surface area contributed by atoms with Gasteiger partial charge in [-0.15, -0.1) is 0 Å². The SMILES string of the molecule is CCOc1ccc(CCC(=O)NCCCN2CCCCC2)cc1OCC. The molecule has 0 saturated carbocycles. The van der Waals surface area contributed by atoms with Crippen LogP contribution in [0, 0.1) is 0 Å². The Labute approximate surface area is 158 Å². The van der Waals surface area contributed by atoms with Crippen LogP contribution in [0.3, 0.4) is 0 Å². The van der Waals surface area contributed by atoms with Crippen molar-refractivity contribution >= 4 is 5.91 Å². The number of rotatable bonds is 11. The van der Waals surface area contributed by atoms with Gasteiger partial charge in [0, 0.05) is 13.0 Å². The van der Waals surface area contributed by atoms with E-state index in [4.69, 9.17) is 9.47 Å². The first-order chi connectivity index (χ1) is 12.7. The number of carbonyl (C=O) groups is 1. The molecule has 1 heterocycles. The van der Waals surface area contributed by atoms with Crippen LogP contribution < -0.4 is 14.8 Å². The standard InChI is InChI=1S/C21H34N2O3/c1-3-25-19-11-9-18(17-20(19)26-4-2)10-12-21(24)22-13-8-16-23-14-6-5-7-15-23/h9,11,17H,3-8,10,12-16H2,1-2H3,(H,22,24). The van der Waals surface area contributed by atoms with Gasteiger partial charge in [0.1, 0.15) is 0 Å². The summed E-state index contributed by atoms with van der Waals surface area (Å²) in [4.78, 5) is 14.6. The van der Waals surface area contributed by atoms with Gasteiger partial charge in [-0.1, -0.05) is 12.5 Å². The highest BCUT2D eigenvalue weighted by atomic mass is 16.5. The Morgan fingerprint density at radius 3 is 2.54 bits per heavy atom. The van der Waals surface area contributed by atoms with Crippen LogP contribution in [0.5, 0.6) is 11.5 Å². The second-order valence-corrected chi connectivity index (χ2v) is 6.75. The Morgan fingerprint density at radius 2 is 1.81 bits per heavy atom. The highest BCUT2D eigenvalue weighted by Gasteiger charge is 2.10. The van der Waals surface area contributed by atoms with Crippen LogP contribution in [0.2, 0.25) is 0 Å². The van der Waals surface area contributed by atoms with Crippen LogP contribution in [-0.4, -0.2) is 50.2 Å². The zero-order valence-electron chi connectivity index (χ0n) is 16.4. The molecule has 0 unspecified atom stereocenters. The van der Waals surface area contributed by atoms with Crippen LogP contribution in [0.15, 0.2) is 18.2 Å². The summed E-state index contributed by atoms with van der Waals surface area (Å²) in [5.74, 6) is 1.64. The highest BCUT2D eigenvalue weighted by molar-refractivity contribution is 5.76. The number of nitrogens with one attached hydrogen (secondary N) is 1. The zero-order valence-corrected chi connectivity index (χ0v) is 16.4. The van der Waals surface area contributed by atoms with Crippen LogP contribution in [-0.2, 0) is 11.2 Å². The molecule has 5 heteroatoms. The van der Waals surface area contributed by atoms with Crippen molar-refractivity contribution in [1.82, 2.24) is 10.2 Å². The van der Waals surface area contributed by atoms with Crippen LogP contribution in [0.1, 0.15) is 51.5 Å². The summed E-state index contributed by atoms with van der Waals surface area (Å²) in [5.41, 5.74) is 1.10. The molecule has 0 aromatic heterocycles. The molecule has 1 aromatic rings. The quantitative estimate of drug-likeness (QED) is 0.613. The summed E-state index contributed by atoms with van der Waals surface area (Å²) in [6, 6.07) is 5.93. The number of likely N-dealkylation sites (tertiary alicyclic amines) is 1. The van der Waals surface area contributed by atoms with Crippen molar-refractivity contribution in [1.29, 1.82) is 0 Å². The Morgan fingerprint density at radius 1 is 1.08 bits per heavy atom. The zero-order chi connectivity index (χ0) is 18.6. The number of benzene rings is 1. The number of aryl methyl sites for hydroxylation is 1. The Balaban J connectivity index is 1.68. The van der Waals surface area contributed by atoms with E-state index < -0.39 is 0 Å². The normalized spacial score (nSPS) is 14.8. The number of ether oxygens (including phenoxy) is 2. The maximum atomic E-state index is 12.1. The molecule has 0 bridgehead atoms. The maximum Gasteiger partial charge on any atom is 0.220 e. The van der Waals surface area contributed by atoms with Crippen molar-refractivity contribution in [3.8, 4) is 11.5 Å². The predicted molar refractivity (Wildman–Crippen MR) is 105 cm³/mol. The average Bonchev–Trinajstić information content (AvgIpc) is 2.66. The molecule has 0 radical (unpaired) electrons. The number of carbonyl (C=O) groups excluding carboxylic acids is 1. The highest BCUT2D eigenvalue weighted by Crippen LogP contribution is 2.28. The molecule has 1 amide bonds. The average molecular weight is 363 g/mol. The van der Waals surface area contributed by atoms with E-state index in [1.807, 2.05) is 32.0 Å². The van der Waals surface area contributed by atoms with Gasteiger partial charge in [0.2, 0.25) is 5.91 Å². The van der Waals surface area contributed by atoms with E-state index in [0.29, 0.717) is 26.1 Å². The first-order valence-electron chi connectivity index (χ1n) is 10.1. The van der Waals surface area contributed by atoms with Crippen molar-refractivity contribution in [3.05, 3.63) is 23.8 Å². The second kappa shape index (κ2) is 11.8. The molecule has 0 aliphatic carbocycles. The third-order valence-corrected chi connectivity index (χ3v) is 4.67. The number of hydrogen-bond acceptors (Lipinski definition) is 4. The van der Waals surface area contributed by atoms with E-state index in [0.717, 1.165) is 36.6 Å². The molecule has 0 spiro atoms. The van der Waals surface area contributed by atoms with Crippen molar-refractivity contribution in [2.24, 2.45) is 0 Å². The monoisotopic (exact) mass is 362 g/mol. The van der Waals surface area contributed by atoms with E-state index in [1.54, 1.807) is 0 Å². The largest absolute Gasteiger partial charge is 0.490 e. The van der Waals surface area contributed by atoms with Crippen LogP contribution >= 0.6 is 0 Å². The number of amides is 1. The molecule has 1 fully saturated rings. The molecule has 1 N–H and O–H groups in total. The van der Waals surface area contributed by atoms with Crippen molar-refractivity contribution in [2.75, 3.05) is 39.4 Å². The van der Waals surface area contributed by atoms with Gasteiger partial charge < -0.3 is 19.7 Å². The fraction of sp³-hybridized carbons (Fsp3) is 0.667. The lowest BCUT2D eigenvalue weighted by Gasteiger charge is -2.26. The molecule has 0 atom stereocenters. The fourth-order valence-corrected chi connectivity index (χ4v) is 3.31. The van der Waals surface area contributed by atoms with E-state index in [1.165, 1.54) is 32.4 Å². The lowest BCUT2D eigenvalue weighted by Crippen LogP contribution is -2.33. The molecule has 5 nitrogen and oxygen atoms in total. The van der Waals surface area contributed by atoms with Crippen molar-refractivity contribution in [2.45, 2.75) is 52.4 Å². The summed E-state index contributed by atoms with van der Waals surface area (Å²) < 4.78 is 11.2. The van der Waals surface area contributed by atoms with Crippen molar-refractivity contribution in [3.63, 3.8) is 0 Å². The fourth-order valence-electron chi connectivity index (χ4n) is 3.31. The molecule has 1 aliphatic rings. The summed E-state index contributed by atoms with van der Waals surface area (Å²) in [6.45, 7) is 9.42. The van der Waals surface area contributed by atoms with Crippen molar-refractivity contribution < 1.29 is 14.3 Å². The smallest absolute Gasteiger partial charge is 0.220 e. The molecular formula is C21H34N2O3. The lowest BCUT2D eigenvalue weighted by molar-refractivity contribution is -0.121. The summed E-state index contributed by atoms with van der Waals surface area (Å²) in [5, 5.41) is 3.04. The summed E-state index contributed by atoms with van der Waals surface area (Å²) in [7, 11) is 0. The number of piperidine rings is 1. The van der Waals surface area contributed by atoms with Gasteiger partial charge in [-0.05, 0) is 76.9 Å². The maximum absolute atomic E-state index is 12.1. The third-order valence-electron chi connectivity index (χ3n) is 4.67. The number of nitrogens with zero attached hydrogens (tertiary/aromatic N) is 1. The molecule has 1 aliphatic heterocycles. The topological polar surface area (TPSA) is 50.8 Å². The Bertz CT molecular complexity index is 542. The first-order valence-corrected chi connectivity index (χ1v) is 10.1. The van der Waals surface area contributed by atoms with Gasteiger partial charge in [-0.3, -0.25) is 4.79 Å². The molecule has 1 aromatic carbocycles. The molecular weight excluding hydrogens is 328 g/mol. The van der Waals surface area contributed by atoms with Gasteiger partial charge in [-0.25, -0.2) is 0 Å². The predicted octanol–water partition coefficient (Wildman–Crippen LogP) is 3.41. The minimum Gasteiger partial charge on any atom is -0.490 e. The number of hydrogen-bond donors (Lipinski definition) is 1. The van der Waals surface area contributed by atoms with E-state index in [-0.39, 0.29) is 5.91 Å². The molecule has 146 valence electrons.